The minimum absolute atomic E-state index is 0.153. The maximum atomic E-state index is 11.1. The molecule has 4 nitrogen and oxygen atoms in total. The molecule has 0 amide bonds. The number of nitro benzene ring substituents is 1. The van der Waals surface area contributed by atoms with Crippen molar-refractivity contribution in [1.29, 1.82) is 0 Å². The Balaban J connectivity index is 2.73. The first kappa shape index (κ1) is 10.5. The second-order valence-electron chi connectivity index (χ2n) is 3.66. The number of rotatable bonds is 3. The molecule has 4 heteroatoms. The Morgan fingerprint density at radius 3 is 2.88 bits per heavy atom. The lowest BCUT2D eigenvalue weighted by Gasteiger charge is -2.04. The lowest BCUT2D eigenvalue weighted by atomic mass is 10.0. The van der Waals surface area contributed by atoms with E-state index in [0.29, 0.717) is 11.9 Å². The van der Waals surface area contributed by atoms with Gasteiger partial charge in [0.1, 0.15) is 5.52 Å². The van der Waals surface area contributed by atoms with Gasteiger partial charge in [-0.25, -0.2) is 4.98 Å². The van der Waals surface area contributed by atoms with E-state index in [-0.39, 0.29) is 10.6 Å². The van der Waals surface area contributed by atoms with Gasteiger partial charge >= 0.3 is 0 Å². The van der Waals surface area contributed by atoms with Crippen molar-refractivity contribution in [1.82, 2.24) is 4.98 Å². The summed E-state index contributed by atoms with van der Waals surface area (Å²) in [5.41, 5.74) is 1.40. The van der Waals surface area contributed by atoms with E-state index < -0.39 is 0 Å². The quantitative estimate of drug-likeness (QED) is 0.585. The highest BCUT2D eigenvalue weighted by molar-refractivity contribution is 5.88. The molecule has 0 radical (unpaired) electrons. The predicted molar refractivity (Wildman–Crippen MR) is 62.4 cm³/mol. The number of nitrogens with zero attached hydrogens (tertiary/aromatic N) is 2. The van der Waals surface area contributed by atoms with Crippen LogP contribution in [0, 0.1) is 10.1 Å². The molecule has 0 bridgehead atoms. The van der Waals surface area contributed by atoms with Gasteiger partial charge in [0.25, 0.3) is 5.69 Å². The largest absolute Gasteiger partial charge is 0.298 e. The first-order valence-electron chi connectivity index (χ1n) is 5.25. The Kier molecular flexibility index (Phi) is 2.81. The van der Waals surface area contributed by atoms with Crippen LogP contribution >= 0.6 is 0 Å². The molecule has 0 aliphatic heterocycles. The molecule has 2 aromatic rings. The zero-order valence-corrected chi connectivity index (χ0v) is 9.01. The van der Waals surface area contributed by atoms with Crippen LogP contribution < -0.4 is 0 Å². The molecular formula is C12H12N2O2. The van der Waals surface area contributed by atoms with Crippen LogP contribution in [0.5, 0.6) is 0 Å². The van der Waals surface area contributed by atoms with E-state index in [4.69, 9.17) is 0 Å². The molecule has 0 spiro atoms. The Morgan fingerprint density at radius 2 is 2.19 bits per heavy atom. The average molecular weight is 216 g/mol. The fourth-order valence-electron chi connectivity index (χ4n) is 1.85. The first-order chi connectivity index (χ1) is 7.74. The van der Waals surface area contributed by atoms with Crippen LogP contribution in [0.3, 0.4) is 0 Å². The summed E-state index contributed by atoms with van der Waals surface area (Å²) in [6.45, 7) is 2.01. The topological polar surface area (TPSA) is 56.0 Å². The minimum atomic E-state index is -0.333. The van der Waals surface area contributed by atoms with Crippen LogP contribution in [0.25, 0.3) is 10.9 Å². The lowest BCUT2D eigenvalue weighted by molar-refractivity contribution is -0.383. The summed E-state index contributed by atoms with van der Waals surface area (Å²) >= 11 is 0. The predicted octanol–water partition coefficient (Wildman–Crippen LogP) is 3.10. The van der Waals surface area contributed by atoms with Gasteiger partial charge in [0.15, 0.2) is 0 Å². The van der Waals surface area contributed by atoms with Crippen molar-refractivity contribution < 1.29 is 4.92 Å². The van der Waals surface area contributed by atoms with Crippen LogP contribution in [0.1, 0.15) is 18.9 Å². The van der Waals surface area contributed by atoms with E-state index in [1.807, 2.05) is 25.1 Å². The molecule has 0 saturated heterocycles. The third-order valence-corrected chi connectivity index (χ3v) is 2.53. The van der Waals surface area contributed by atoms with E-state index in [0.717, 1.165) is 17.4 Å². The Hall–Kier alpha value is -1.97. The van der Waals surface area contributed by atoms with Crippen molar-refractivity contribution >= 4 is 16.6 Å². The summed E-state index contributed by atoms with van der Waals surface area (Å²) in [4.78, 5) is 14.8. The molecule has 2 rings (SSSR count). The molecule has 0 unspecified atom stereocenters. The molecule has 0 aliphatic rings. The van der Waals surface area contributed by atoms with Gasteiger partial charge in [-0.1, -0.05) is 31.5 Å². The van der Waals surface area contributed by atoms with Crippen molar-refractivity contribution in [2.45, 2.75) is 19.8 Å². The van der Waals surface area contributed by atoms with Gasteiger partial charge in [-0.2, -0.15) is 0 Å². The standard InChI is InChI=1S/C12H12N2O2/c1-2-4-10-7-6-9-5-3-8-13-11(9)12(10)14(15)16/h3,5-8H,2,4H2,1H3. The zero-order valence-electron chi connectivity index (χ0n) is 9.01. The summed E-state index contributed by atoms with van der Waals surface area (Å²) in [6, 6.07) is 7.34. The molecule has 1 heterocycles. The van der Waals surface area contributed by atoms with E-state index in [2.05, 4.69) is 4.98 Å². The van der Waals surface area contributed by atoms with E-state index in [9.17, 15) is 10.1 Å². The summed E-state index contributed by atoms with van der Waals surface area (Å²) in [6.07, 6.45) is 3.19. The fraction of sp³-hybridized carbons (Fsp3) is 0.250. The zero-order chi connectivity index (χ0) is 11.5. The van der Waals surface area contributed by atoms with Crippen LogP contribution in [0.4, 0.5) is 5.69 Å². The van der Waals surface area contributed by atoms with Gasteiger partial charge in [0, 0.05) is 17.1 Å². The number of aryl methyl sites for hydroxylation is 1. The third kappa shape index (κ3) is 1.74. The third-order valence-electron chi connectivity index (χ3n) is 2.53. The molecular weight excluding hydrogens is 204 g/mol. The molecule has 0 aliphatic carbocycles. The van der Waals surface area contributed by atoms with E-state index in [1.54, 1.807) is 12.3 Å². The number of aromatic nitrogens is 1. The van der Waals surface area contributed by atoms with Crippen molar-refractivity contribution in [3.8, 4) is 0 Å². The molecule has 0 fully saturated rings. The van der Waals surface area contributed by atoms with Crippen molar-refractivity contribution in [2.24, 2.45) is 0 Å². The van der Waals surface area contributed by atoms with Crippen molar-refractivity contribution in [3.05, 3.63) is 46.1 Å². The molecule has 1 aromatic carbocycles. The minimum Gasteiger partial charge on any atom is -0.258 e. The summed E-state index contributed by atoms with van der Waals surface area (Å²) in [7, 11) is 0. The highest BCUT2D eigenvalue weighted by atomic mass is 16.6. The van der Waals surface area contributed by atoms with Crippen LogP contribution in [-0.2, 0) is 6.42 Å². The van der Waals surface area contributed by atoms with Crippen molar-refractivity contribution in [2.75, 3.05) is 0 Å². The number of hydrogen-bond acceptors (Lipinski definition) is 3. The van der Waals surface area contributed by atoms with Gasteiger partial charge in [0.05, 0.1) is 4.92 Å². The Morgan fingerprint density at radius 1 is 1.38 bits per heavy atom. The smallest absolute Gasteiger partial charge is 0.258 e. The first-order valence-corrected chi connectivity index (χ1v) is 5.25. The van der Waals surface area contributed by atoms with E-state index >= 15 is 0 Å². The second kappa shape index (κ2) is 4.26. The summed E-state index contributed by atoms with van der Waals surface area (Å²) in [5, 5.41) is 11.9. The molecule has 0 N–H and O–H groups in total. The van der Waals surface area contributed by atoms with Gasteiger partial charge in [-0.3, -0.25) is 10.1 Å². The lowest BCUT2D eigenvalue weighted by Crippen LogP contribution is -1.97. The Bertz CT molecular complexity index is 538. The second-order valence-corrected chi connectivity index (χ2v) is 3.66. The molecule has 16 heavy (non-hydrogen) atoms. The van der Waals surface area contributed by atoms with Gasteiger partial charge in [-0.05, 0) is 12.5 Å². The molecule has 0 atom stereocenters. The van der Waals surface area contributed by atoms with Gasteiger partial charge < -0.3 is 0 Å². The van der Waals surface area contributed by atoms with Crippen molar-refractivity contribution in [3.63, 3.8) is 0 Å². The highest BCUT2D eigenvalue weighted by Gasteiger charge is 2.18. The Labute approximate surface area is 93.1 Å². The fourth-order valence-corrected chi connectivity index (χ4v) is 1.85. The van der Waals surface area contributed by atoms with Gasteiger partial charge in [-0.15, -0.1) is 0 Å². The number of pyridine rings is 1. The molecule has 0 saturated carbocycles. The maximum Gasteiger partial charge on any atom is 0.298 e. The summed E-state index contributed by atoms with van der Waals surface area (Å²) < 4.78 is 0. The number of hydrogen-bond donors (Lipinski definition) is 0. The van der Waals surface area contributed by atoms with E-state index in [1.165, 1.54) is 0 Å². The van der Waals surface area contributed by atoms with Crippen LogP contribution in [0.15, 0.2) is 30.5 Å². The monoisotopic (exact) mass is 216 g/mol. The molecule has 82 valence electrons. The van der Waals surface area contributed by atoms with Crippen LogP contribution in [0.2, 0.25) is 0 Å². The SMILES string of the molecule is CCCc1ccc2cccnc2c1[N+](=O)[O-]. The highest BCUT2D eigenvalue weighted by Crippen LogP contribution is 2.28. The number of fused-ring (bicyclic) bond motifs is 1. The molecule has 1 aromatic heterocycles. The van der Waals surface area contributed by atoms with Gasteiger partial charge in [0.2, 0.25) is 0 Å². The average Bonchev–Trinajstić information content (AvgIpc) is 2.28. The normalized spacial score (nSPS) is 10.6. The summed E-state index contributed by atoms with van der Waals surface area (Å²) in [5.74, 6) is 0. The maximum absolute atomic E-state index is 11.1. The number of nitro groups is 1. The number of benzene rings is 1. The van der Waals surface area contributed by atoms with Crippen LogP contribution in [-0.4, -0.2) is 9.91 Å².